The van der Waals surface area contributed by atoms with E-state index in [1.807, 2.05) is 0 Å². The Morgan fingerprint density at radius 3 is 2.10 bits per heavy atom. The van der Waals surface area contributed by atoms with E-state index in [-0.39, 0.29) is 16.2 Å². The van der Waals surface area contributed by atoms with E-state index in [0.29, 0.717) is 5.75 Å². The van der Waals surface area contributed by atoms with Crippen LogP contribution >= 0.6 is 11.6 Å². The summed E-state index contributed by atoms with van der Waals surface area (Å²) in [6, 6.07) is 8.50. The maximum absolute atomic E-state index is 12.5. The lowest BCUT2D eigenvalue weighted by Gasteiger charge is -2.11. The molecule has 0 aliphatic rings. The third-order valence-electron chi connectivity index (χ3n) is 2.67. The minimum Gasteiger partial charge on any atom is -0.456 e. The zero-order chi connectivity index (χ0) is 15.6. The van der Waals surface area contributed by atoms with Crippen molar-refractivity contribution >= 4 is 24.2 Å². The summed E-state index contributed by atoms with van der Waals surface area (Å²) in [5.74, 6) is 0.378. The Hall–Kier alpha value is -1.70. The zero-order valence-electron chi connectivity index (χ0n) is 10.4. The molecule has 0 bridgehead atoms. The Morgan fingerprint density at radius 1 is 1.00 bits per heavy atom. The molecule has 0 saturated carbocycles. The molecule has 8 heteroatoms. The molecule has 0 radical (unpaired) electrons. The lowest BCUT2D eigenvalue weighted by molar-refractivity contribution is -0.137. The number of halogens is 4. The van der Waals surface area contributed by atoms with Crippen molar-refractivity contribution in [1.29, 1.82) is 0 Å². The van der Waals surface area contributed by atoms with Crippen molar-refractivity contribution in [2.75, 3.05) is 0 Å². The normalized spacial score (nSPS) is 11.3. The van der Waals surface area contributed by atoms with Crippen molar-refractivity contribution in [3.63, 3.8) is 0 Å². The topological polar surface area (TPSA) is 49.7 Å². The first-order chi connectivity index (χ1) is 9.77. The highest BCUT2D eigenvalue weighted by Crippen LogP contribution is 2.36. The van der Waals surface area contributed by atoms with Crippen molar-refractivity contribution < 1.29 is 28.0 Å². The molecule has 110 valence electrons. The maximum atomic E-state index is 12.5. The third-order valence-corrected chi connectivity index (χ3v) is 2.96. The van der Waals surface area contributed by atoms with Gasteiger partial charge >= 0.3 is 13.3 Å². The second-order valence-corrected chi connectivity index (χ2v) is 4.59. The van der Waals surface area contributed by atoms with E-state index in [1.54, 1.807) is 0 Å². The Balaban J connectivity index is 2.20. The summed E-state index contributed by atoms with van der Waals surface area (Å²) in [6.07, 6.45) is -4.47. The highest BCUT2D eigenvalue weighted by molar-refractivity contribution is 6.58. The molecule has 0 unspecified atom stereocenters. The Labute approximate surface area is 123 Å². The number of hydrogen-bond donors (Lipinski definition) is 2. The fourth-order valence-electron chi connectivity index (χ4n) is 1.59. The van der Waals surface area contributed by atoms with Gasteiger partial charge in [-0.2, -0.15) is 13.2 Å². The Morgan fingerprint density at radius 2 is 1.62 bits per heavy atom. The summed E-state index contributed by atoms with van der Waals surface area (Å²) < 4.78 is 42.8. The second-order valence-electron chi connectivity index (χ2n) is 4.19. The molecule has 0 amide bonds. The van der Waals surface area contributed by atoms with Gasteiger partial charge in [0, 0.05) is 0 Å². The largest absolute Gasteiger partial charge is 0.488 e. The number of benzene rings is 2. The van der Waals surface area contributed by atoms with Crippen LogP contribution in [0.5, 0.6) is 11.5 Å². The van der Waals surface area contributed by atoms with Crippen molar-refractivity contribution in [2.24, 2.45) is 0 Å². The fourth-order valence-corrected chi connectivity index (χ4v) is 1.81. The van der Waals surface area contributed by atoms with Gasteiger partial charge in [0.2, 0.25) is 0 Å². The van der Waals surface area contributed by atoms with Crippen LogP contribution in [-0.4, -0.2) is 17.2 Å². The first-order valence-electron chi connectivity index (χ1n) is 5.78. The fraction of sp³-hybridized carbons (Fsp3) is 0.0769. The molecule has 0 aliphatic carbocycles. The van der Waals surface area contributed by atoms with Gasteiger partial charge in [0.05, 0.1) is 10.6 Å². The number of ether oxygens (including phenoxy) is 1. The van der Waals surface area contributed by atoms with Gasteiger partial charge in [-0.1, -0.05) is 23.7 Å². The summed E-state index contributed by atoms with van der Waals surface area (Å²) in [6.45, 7) is 0. The molecule has 0 aromatic heterocycles. The monoisotopic (exact) mass is 316 g/mol. The predicted octanol–water partition coefficient (Wildman–Crippen LogP) is 2.83. The number of alkyl halides is 3. The van der Waals surface area contributed by atoms with Crippen LogP contribution < -0.4 is 10.2 Å². The minimum atomic E-state index is -4.47. The molecule has 21 heavy (non-hydrogen) atoms. The summed E-state index contributed by atoms with van der Waals surface area (Å²) in [5.41, 5.74) is -0.598. The SMILES string of the molecule is OB(O)c1ccc(Oc2ccc(C(F)(F)F)cc2Cl)cc1. The molecule has 0 aliphatic heterocycles. The van der Waals surface area contributed by atoms with E-state index in [9.17, 15) is 13.2 Å². The van der Waals surface area contributed by atoms with E-state index in [4.69, 9.17) is 26.4 Å². The molecule has 0 atom stereocenters. The molecule has 2 rings (SSSR count). The molecule has 0 heterocycles. The molecule has 2 aromatic rings. The van der Waals surface area contributed by atoms with Crippen LogP contribution in [0.4, 0.5) is 13.2 Å². The summed E-state index contributed by atoms with van der Waals surface area (Å²) in [5, 5.41) is 17.7. The van der Waals surface area contributed by atoms with Crippen molar-refractivity contribution in [2.45, 2.75) is 6.18 Å². The zero-order valence-corrected chi connectivity index (χ0v) is 11.2. The standard InChI is InChI=1S/C13H9BClF3O3/c15-11-7-8(13(16,17)18)1-6-12(11)21-10-4-2-9(3-5-10)14(19)20/h1-7,19-20H. The van der Waals surface area contributed by atoms with Crippen LogP contribution in [0.1, 0.15) is 5.56 Å². The first kappa shape index (κ1) is 15.7. The van der Waals surface area contributed by atoms with Crippen LogP contribution in [0.2, 0.25) is 5.02 Å². The number of hydrogen-bond acceptors (Lipinski definition) is 3. The van der Waals surface area contributed by atoms with Gasteiger partial charge in [0.1, 0.15) is 11.5 Å². The van der Waals surface area contributed by atoms with Crippen LogP contribution in [0.3, 0.4) is 0 Å². The predicted molar refractivity (Wildman–Crippen MR) is 72.8 cm³/mol. The molecule has 2 aromatic carbocycles. The Bertz CT molecular complexity index is 630. The molecular formula is C13H9BClF3O3. The van der Waals surface area contributed by atoms with Gasteiger partial charge in [0.15, 0.2) is 0 Å². The first-order valence-corrected chi connectivity index (χ1v) is 6.16. The van der Waals surface area contributed by atoms with Gasteiger partial charge < -0.3 is 14.8 Å². The van der Waals surface area contributed by atoms with Gasteiger partial charge in [0.25, 0.3) is 0 Å². The number of rotatable bonds is 3. The lowest BCUT2D eigenvalue weighted by atomic mass is 9.80. The van der Waals surface area contributed by atoms with Crippen molar-refractivity contribution in [3.05, 3.63) is 53.1 Å². The lowest BCUT2D eigenvalue weighted by Crippen LogP contribution is -2.29. The average molecular weight is 316 g/mol. The van der Waals surface area contributed by atoms with E-state index >= 15 is 0 Å². The van der Waals surface area contributed by atoms with Crippen LogP contribution in [0.25, 0.3) is 0 Å². The summed E-state index contributed by atoms with van der Waals surface area (Å²) in [7, 11) is -1.60. The van der Waals surface area contributed by atoms with Gasteiger partial charge in [-0.15, -0.1) is 0 Å². The molecule has 2 N–H and O–H groups in total. The highest BCUT2D eigenvalue weighted by atomic mass is 35.5. The molecule has 0 spiro atoms. The Kier molecular flexibility index (Phi) is 4.46. The van der Waals surface area contributed by atoms with Gasteiger partial charge in [-0.25, -0.2) is 0 Å². The van der Waals surface area contributed by atoms with E-state index in [1.165, 1.54) is 24.3 Å². The summed E-state index contributed by atoms with van der Waals surface area (Å²) in [4.78, 5) is 0. The van der Waals surface area contributed by atoms with E-state index < -0.39 is 18.9 Å². The van der Waals surface area contributed by atoms with Crippen LogP contribution in [-0.2, 0) is 6.18 Å². The quantitative estimate of drug-likeness (QED) is 0.856. The minimum absolute atomic E-state index is 0.0713. The maximum Gasteiger partial charge on any atom is 0.488 e. The molecule has 0 fully saturated rings. The van der Waals surface area contributed by atoms with Gasteiger partial charge in [-0.3, -0.25) is 0 Å². The summed E-state index contributed by atoms with van der Waals surface area (Å²) >= 11 is 5.76. The van der Waals surface area contributed by atoms with E-state index in [2.05, 4.69) is 0 Å². The smallest absolute Gasteiger partial charge is 0.456 e. The molecular weight excluding hydrogens is 307 g/mol. The van der Waals surface area contributed by atoms with Crippen molar-refractivity contribution in [3.8, 4) is 11.5 Å². The second kappa shape index (κ2) is 5.97. The average Bonchev–Trinajstić information content (AvgIpc) is 2.40. The van der Waals surface area contributed by atoms with Gasteiger partial charge in [-0.05, 0) is 35.8 Å². The molecule has 3 nitrogen and oxygen atoms in total. The van der Waals surface area contributed by atoms with E-state index in [0.717, 1.165) is 18.2 Å². The van der Waals surface area contributed by atoms with Crippen LogP contribution in [0, 0.1) is 0 Å². The molecule has 0 saturated heterocycles. The highest BCUT2D eigenvalue weighted by Gasteiger charge is 2.31. The van der Waals surface area contributed by atoms with Crippen LogP contribution in [0.15, 0.2) is 42.5 Å². The van der Waals surface area contributed by atoms with Crippen molar-refractivity contribution in [1.82, 2.24) is 0 Å². The third kappa shape index (κ3) is 3.90.